The average molecular weight is 309 g/mol. The van der Waals surface area contributed by atoms with Crippen molar-refractivity contribution in [2.45, 2.75) is 28.2 Å². The van der Waals surface area contributed by atoms with Crippen LogP contribution in [0.15, 0.2) is 18.2 Å². The molecule has 15 heavy (non-hydrogen) atoms. The summed E-state index contributed by atoms with van der Waals surface area (Å²) in [6.45, 7) is 2.16. The molecule has 0 fully saturated rings. The van der Waals surface area contributed by atoms with Gasteiger partial charge in [-0.2, -0.15) is 0 Å². The summed E-state index contributed by atoms with van der Waals surface area (Å²) in [6.07, 6.45) is 1.00. The van der Waals surface area contributed by atoms with Gasteiger partial charge in [-0.25, -0.2) is 0 Å². The summed E-state index contributed by atoms with van der Waals surface area (Å²) >= 11 is -1.92. The molecular weight excluding hydrogens is 291 g/mol. The minimum absolute atomic E-state index is 1.00. The predicted octanol–water partition coefficient (Wildman–Crippen LogP) is 2.67. The van der Waals surface area contributed by atoms with E-state index in [0.717, 1.165) is 6.42 Å². The van der Waals surface area contributed by atoms with Gasteiger partial charge in [-0.05, 0) is 0 Å². The Bertz CT molecular complexity index is 480. The minimum atomic E-state index is -1.92. The van der Waals surface area contributed by atoms with Crippen molar-refractivity contribution in [3.63, 3.8) is 0 Å². The number of rotatable bonds is 2. The molecule has 0 amide bonds. The van der Waals surface area contributed by atoms with Crippen LogP contribution in [-0.4, -0.2) is 28.6 Å². The van der Waals surface area contributed by atoms with Crippen LogP contribution in [0.4, 0.5) is 0 Å². The van der Waals surface area contributed by atoms with Crippen molar-refractivity contribution >= 4 is 32.9 Å². The molecule has 1 aromatic heterocycles. The van der Waals surface area contributed by atoms with Crippen molar-refractivity contribution in [2.75, 3.05) is 0 Å². The van der Waals surface area contributed by atoms with Crippen LogP contribution in [0.2, 0.25) is 14.8 Å². The number of hydrogen-bond acceptors (Lipinski definition) is 1. The molecule has 2 nitrogen and oxygen atoms in total. The number of fused-ring (bicyclic) bond motifs is 1. The van der Waals surface area contributed by atoms with Gasteiger partial charge in [-0.15, -0.1) is 0 Å². The van der Waals surface area contributed by atoms with Crippen LogP contribution in [0, 0.1) is 0 Å². The Labute approximate surface area is 95.0 Å². The zero-order valence-corrected chi connectivity index (χ0v) is 12.7. The van der Waals surface area contributed by atoms with Crippen molar-refractivity contribution < 1.29 is 0 Å². The molecule has 0 atom stereocenters. The first-order valence-electron chi connectivity index (χ1n) is 5.50. The van der Waals surface area contributed by atoms with Gasteiger partial charge in [0.15, 0.2) is 0 Å². The second-order valence-corrected chi connectivity index (χ2v) is 19.5. The van der Waals surface area contributed by atoms with Crippen molar-refractivity contribution in [3.8, 4) is 0 Å². The number of H-pyrrole nitrogens is 1. The number of aryl methyl sites for hydroxylation is 1. The summed E-state index contributed by atoms with van der Waals surface area (Å²) < 4.78 is 1.58. The van der Waals surface area contributed by atoms with E-state index < -0.39 is 18.4 Å². The van der Waals surface area contributed by atoms with Crippen LogP contribution in [0.5, 0.6) is 0 Å². The third-order valence-corrected chi connectivity index (χ3v) is 8.67. The third kappa shape index (κ3) is 2.05. The first kappa shape index (κ1) is 11.0. The number of benzene rings is 1. The molecular formula is C12H18N2Sn. The van der Waals surface area contributed by atoms with Crippen molar-refractivity contribution in [2.24, 2.45) is 0 Å². The third-order valence-electron chi connectivity index (χ3n) is 2.84. The Morgan fingerprint density at radius 1 is 1.27 bits per heavy atom. The summed E-state index contributed by atoms with van der Waals surface area (Å²) in [4.78, 5) is 7.34. The Morgan fingerprint density at radius 2 is 2.00 bits per heavy atom. The van der Waals surface area contributed by atoms with E-state index >= 15 is 0 Å². The summed E-state index contributed by atoms with van der Waals surface area (Å²) in [6, 6.07) is 6.81. The standard InChI is InChI=1S/C9H9N2.3CH3.Sn/c1-2-8-7-5-3-4-6-9(7)11-10-8;;;;/h4-6H,2H2,1H3,(H,10,11);3*1H3;. The van der Waals surface area contributed by atoms with Gasteiger partial charge in [0.05, 0.1) is 0 Å². The Hall–Kier alpha value is -0.511. The van der Waals surface area contributed by atoms with E-state index in [-0.39, 0.29) is 0 Å². The molecule has 1 aromatic carbocycles. The van der Waals surface area contributed by atoms with Gasteiger partial charge in [0, 0.05) is 0 Å². The van der Waals surface area contributed by atoms with E-state index in [1.807, 2.05) is 0 Å². The van der Waals surface area contributed by atoms with Gasteiger partial charge >= 0.3 is 95.1 Å². The molecule has 3 heteroatoms. The molecule has 0 aliphatic carbocycles. The Balaban J connectivity index is 2.63. The predicted molar refractivity (Wildman–Crippen MR) is 68.5 cm³/mol. The topological polar surface area (TPSA) is 28.7 Å². The van der Waals surface area contributed by atoms with E-state index in [0.29, 0.717) is 0 Å². The molecule has 2 rings (SSSR count). The van der Waals surface area contributed by atoms with E-state index in [4.69, 9.17) is 0 Å². The Morgan fingerprint density at radius 3 is 2.60 bits per heavy atom. The first-order chi connectivity index (χ1) is 7.02. The van der Waals surface area contributed by atoms with Crippen LogP contribution in [0.3, 0.4) is 0 Å². The molecule has 1 heterocycles. The molecule has 0 aliphatic heterocycles. The molecule has 0 unspecified atom stereocenters. The normalized spacial score (nSPS) is 12.3. The number of aromatic nitrogens is 2. The van der Waals surface area contributed by atoms with E-state index in [1.54, 1.807) is 3.58 Å². The molecule has 2 aromatic rings. The first-order valence-corrected chi connectivity index (χ1v) is 15.5. The van der Waals surface area contributed by atoms with E-state index in [1.165, 1.54) is 16.6 Å². The summed E-state index contributed by atoms with van der Waals surface area (Å²) in [5, 5.41) is 8.75. The van der Waals surface area contributed by atoms with Gasteiger partial charge in [0.2, 0.25) is 0 Å². The number of hydrogen-bond donors (Lipinski definition) is 1. The molecule has 0 saturated carbocycles. The fourth-order valence-corrected chi connectivity index (χ4v) is 5.12. The van der Waals surface area contributed by atoms with Crippen LogP contribution < -0.4 is 3.58 Å². The van der Waals surface area contributed by atoms with Crippen LogP contribution >= 0.6 is 0 Å². The molecule has 0 saturated heterocycles. The van der Waals surface area contributed by atoms with E-state index in [9.17, 15) is 0 Å². The molecule has 0 spiro atoms. The van der Waals surface area contributed by atoms with Gasteiger partial charge < -0.3 is 0 Å². The van der Waals surface area contributed by atoms with Crippen molar-refractivity contribution in [1.29, 1.82) is 0 Å². The van der Waals surface area contributed by atoms with Crippen molar-refractivity contribution in [3.05, 3.63) is 23.9 Å². The number of nitrogens with one attached hydrogen (secondary N) is 1. The SMILES string of the molecule is CCc1n[nH]c2cc[c]([Sn]([CH3])([CH3])[CH3])cc12. The maximum absolute atomic E-state index is 4.34. The zero-order valence-electron chi connectivity index (χ0n) is 9.89. The second-order valence-electron chi connectivity index (χ2n) is 5.03. The molecule has 0 bridgehead atoms. The molecule has 1 N–H and O–H groups in total. The summed E-state index contributed by atoms with van der Waals surface area (Å²) in [7, 11) is 0. The fraction of sp³-hybridized carbons (Fsp3) is 0.417. The van der Waals surface area contributed by atoms with Gasteiger partial charge in [0.25, 0.3) is 0 Å². The fourth-order valence-electron chi connectivity index (χ4n) is 1.80. The summed E-state index contributed by atoms with van der Waals surface area (Å²) in [5.74, 6) is 0. The second kappa shape index (κ2) is 3.81. The summed E-state index contributed by atoms with van der Waals surface area (Å²) in [5.41, 5.74) is 2.37. The van der Waals surface area contributed by atoms with Crippen LogP contribution in [0.1, 0.15) is 12.6 Å². The maximum atomic E-state index is 4.34. The molecule has 80 valence electrons. The van der Waals surface area contributed by atoms with Crippen LogP contribution in [-0.2, 0) is 6.42 Å². The van der Waals surface area contributed by atoms with Crippen LogP contribution in [0.25, 0.3) is 10.9 Å². The Kier molecular flexibility index (Phi) is 2.79. The monoisotopic (exact) mass is 310 g/mol. The van der Waals surface area contributed by atoms with Gasteiger partial charge in [-0.3, -0.25) is 0 Å². The molecule has 0 radical (unpaired) electrons. The zero-order chi connectivity index (χ0) is 11.1. The van der Waals surface area contributed by atoms with Gasteiger partial charge in [-0.1, -0.05) is 0 Å². The van der Waals surface area contributed by atoms with Crippen molar-refractivity contribution in [1.82, 2.24) is 10.2 Å². The quantitative estimate of drug-likeness (QED) is 0.849. The van der Waals surface area contributed by atoms with E-state index in [2.05, 4.69) is 50.1 Å². The molecule has 0 aliphatic rings. The number of nitrogens with zero attached hydrogens (tertiary/aromatic N) is 1. The van der Waals surface area contributed by atoms with Gasteiger partial charge in [0.1, 0.15) is 0 Å². The average Bonchev–Trinajstić information content (AvgIpc) is 2.57. The number of aromatic amines is 1.